The predicted molar refractivity (Wildman–Crippen MR) is 185 cm³/mol. The van der Waals surface area contributed by atoms with Crippen LogP contribution in [0.5, 0.6) is 0 Å². The number of thioether (sulfide) groups is 1. The maximum absolute atomic E-state index is 12.9. The first-order valence-corrected chi connectivity index (χ1v) is 18.9. The number of rotatable bonds is 25. The first-order chi connectivity index (χ1) is 20.4. The Morgan fingerprint density at radius 3 is 1.84 bits per heavy atom. The third kappa shape index (κ3) is 19.3. The quantitative estimate of drug-likeness (QED) is 0.0745. The van der Waals surface area contributed by atoms with Crippen LogP contribution in [-0.2, 0) is 19.1 Å². The number of likely N-dealkylation sites (tertiary alicyclic amines) is 1. The van der Waals surface area contributed by atoms with Crippen LogP contribution in [0, 0.1) is 16.7 Å². The molecule has 43 heavy (non-hydrogen) atoms. The SMILES string of the molecule is CCCCCCCCCSC(=O)C(C)(C)CCCCCC(CCCCCC(C)(C)C(C)=O)OC(=O)CC1CCN(C)CC1. The second-order valence-electron chi connectivity index (χ2n) is 14.8. The van der Waals surface area contributed by atoms with Crippen molar-refractivity contribution in [2.45, 2.75) is 176 Å². The molecule has 0 N–H and O–H groups in total. The summed E-state index contributed by atoms with van der Waals surface area (Å²) in [4.78, 5) is 39.9. The molecule has 0 aromatic carbocycles. The lowest BCUT2D eigenvalue weighted by atomic mass is 9.83. The molecule has 1 aliphatic heterocycles. The minimum Gasteiger partial charge on any atom is -0.462 e. The largest absolute Gasteiger partial charge is 0.462 e. The summed E-state index contributed by atoms with van der Waals surface area (Å²) in [5.74, 6) is 1.63. The molecule has 1 rings (SSSR count). The average Bonchev–Trinajstić information content (AvgIpc) is 2.94. The maximum atomic E-state index is 12.9. The van der Waals surface area contributed by atoms with Gasteiger partial charge in [0, 0.05) is 23.0 Å². The Morgan fingerprint density at radius 2 is 1.28 bits per heavy atom. The van der Waals surface area contributed by atoms with Crippen LogP contribution in [0.3, 0.4) is 0 Å². The minimum atomic E-state index is -0.278. The number of carbonyl (C=O) groups is 3. The number of esters is 1. The van der Waals surface area contributed by atoms with E-state index in [4.69, 9.17) is 4.74 Å². The van der Waals surface area contributed by atoms with Gasteiger partial charge in [-0.05, 0) is 90.8 Å². The number of piperidine rings is 1. The smallest absolute Gasteiger partial charge is 0.306 e. The Hall–Kier alpha value is -0.880. The summed E-state index contributed by atoms with van der Waals surface area (Å²) < 4.78 is 6.08. The molecule has 0 spiro atoms. The molecule has 5 nitrogen and oxygen atoms in total. The van der Waals surface area contributed by atoms with Crippen molar-refractivity contribution in [2.75, 3.05) is 25.9 Å². The highest BCUT2D eigenvalue weighted by Crippen LogP contribution is 2.31. The van der Waals surface area contributed by atoms with Gasteiger partial charge in [-0.2, -0.15) is 0 Å². The number of ketones is 1. The highest BCUT2D eigenvalue weighted by Gasteiger charge is 2.27. The van der Waals surface area contributed by atoms with Crippen LogP contribution in [-0.4, -0.2) is 53.8 Å². The number of unbranched alkanes of at least 4 members (excludes halogenated alkanes) is 10. The van der Waals surface area contributed by atoms with Gasteiger partial charge in [0.1, 0.15) is 11.9 Å². The van der Waals surface area contributed by atoms with E-state index in [0.717, 1.165) is 102 Å². The van der Waals surface area contributed by atoms with Gasteiger partial charge < -0.3 is 9.64 Å². The van der Waals surface area contributed by atoms with Crippen molar-refractivity contribution in [2.24, 2.45) is 16.7 Å². The number of hydrogen-bond donors (Lipinski definition) is 0. The first-order valence-electron chi connectivity index (χ1n) is 17.9. The highest BCUT2D eigenvalue weighted by molar-refractivity contribution is 8.13. The number of nitrogens with zero attached hydrogens (tertiary/aromatic N) is 1. The van der Waals surface area contributed by atoms with Crippen molar-refractivity contribution in [3.8, 4) is 0 Å². The minimum absolute atomic E-state index is 0.0215. The molecule has 252 valence electrons. The van der Waals surface area contributed by atoms with E-state index in [1.807, 2.05) is 13.8 Å². The average molecular weight is 624 g/mol. The second kappa shape index (κ2) is 22.6. The zero-order chi connectivity index (χ0) is 32.1. The Kier molecular flexibility index (Phi) is 21.1. The van der Waals surface area contributed by atoms with Gasteiger partial charge in [0.05, 0.1) is 0 Å². The molecule has 1 unspecified atom stereocenters. The Morgan fingerprint density at radius 1 is 0.767 bits per heavy atom. The van der Waals surface area contributed by atoms with Gasteiger partial charge in [-0.25, -0.2) is 0 Å². The third-order valence-corrected chi connectivity index (χ3v) is 11.0. The molecule has 1 saturated heterocycles. The highest BCUT2D eigenvalue weighted by atomic mass is 32.2. The van der Waals surface area contributed by atoms with E-state index < -0.39 is 0 Å². The van der Waals surface area contributed by atoms with Gasteiger partial charge in [0.2, 0.25) is 0 Å². The van der Waals surface area contributed by atoms with E-state index in [0.29, 0.717) is 17.5 Å². The summed E-state index contributed by atoms with van der Waals surface area (Å²) in [6.07, 6.45) is 21.5. The zero-order valence-corrected chi connectivity index (χ0v) is 30.2. The van der Waals surface area contributed by atoms with Crippen LogP contribution in [0.25, 0.3) is 0 Å². The van der Waals surface area contributed by atoms with Gasteiger partial charge >= 0.3 is 5.97 Å². The molecule has 6 heteroatoms. The molecular weight excluding hydrogens is 554 g/mol. The summed E-state index contributed by atoms with van der Waals surface area (Å²) in [6, 6.07) is 0. The fourth-order valence-corrected chi connectivity index (χ4v) is 6.95. The molecule has 1 atom stereocenters. The topological polar surface area (TPSA) is 63.7 Å². The molecular formula is C37H69NO4S. The van der Waals surface area contributed by atoms with Crippen LogP contribution in [0.15, 0.2) is 0 Å². The van der Waals surface area contributed by atoms with Gasteiger partial charge in [-0.3, -0.25) is 14.4 Å². The first kappa shape index (κ1) is 40.1. The summed E-state index contributed by atoms with van der Waals surface area (Å²) >= 11 is 1.54. The fourth-order valence-electron chi connectivity index (χ4n) is 5.93. The molecule has 0 aromatic heterocycles. The van der Waals surface area contributed by atoms with Crippen LogP contribution < -0.4 is 0 Å². The maximum Gasteiger partial charge on any atom is 0.306 e. The monoisotopic (exact) mass is 623 g/mol. The molecule has 1 aliphatic rings. The fraction of sp³-hybridized carbons (Fsp3) is 0.919. The Balaban J connectivity index is 2.40. The molecule has 0 amide bonds. The Labute approximate surface area is 270 Å². The van der Waals surface area contributed by atoms with E-state index in [9.17, 15) is 14.4 Å². The van der Waals surface area contributed by atoms with Crippen LogP contribution in [0.1, 0.15) is 170 Å². The molecule has 0 bridgehead atoms. The van der Waals surface area contributed by atoms with Crippen molar-refractivity contribution < 1.29 is 19.1 Å². The number of Topliss-reactive ketones (excluding diaryl/α,β-unsaturated/α-hetero) is 1. The van der Waals surface area contributed by atoms with E-state index >= 15 is 0 Å². The summed E-state index contributed by atoms with van der Waals surface area (Å²) in [7, 11) is 2.15. The lowest BCUT2D eigenvalue weighted by molar-refractivity contribution is -0.151. The molecule has 0 radical (unpaired) electrons. The van der Waals surface area contributed by atoms with E-state index in [1.165, 1.54) is 50.3 Å². The third-order valence-electron chi connectivity index (χ3n) is 9.73. The van der Waals surface area contributed by atoms with Crippen molar-refractivity contribution in [3.63, 3.8) is 0 Å². The Bertz CT molecular complexity index is 773. The van der Waals surface area contributed by atoms with E-state index in [-0.39, 0.29) is 28.7 Å². The lowest BCUT2D eigenvalue weighted by Gasteiger charge is -2.29. The number of hydrogen-bond acceptors (Lipinski definition) is 6. The normalized spacial score (nSPS) is 15.9. The van der Waals surface area contributed by atoms with Crippen molar-refractivity contribution >= 4 is 28.6 Å². The zero-order valence-electron chi connectivity index (χ0n) is 29.4. The van der Waals surface area contributed by atoms with Crippen LogP contribution in [0.4, 0.5) is 0 Å². The molecule has 0 aromatic rings. The molecule has 1 fully saturated rings. The predicted octanol–water partition coefficient (Wildman–Crippen LogP) is 10.2. The summed E-state index contributed by atoms with van der Waals surface area (Å²) in [6.45, 7) is 14.3. The van der Waals surface area contributed by atoms with Crippen molar-refractivity contribution in [3.05, 3.63) is 0 Å². The number of ether oxygens (including phenoxy) is 1. The van der Waals surface area contributed by atoms with Gasteiger partial charge in [0.25, 0.3) is 0 Å². The molecule has 1 heterocycles. The summed E-state index contributed by atoms with van der Waals surface area (Å²) in [5, 5.41) is 0.340. The molecule has 0 saturated carbocycles. The number of carbonyl (C=O) groups excluding carboxylic acids is 3. The van der Waals surface area contributed by atoms with Crippen LogP contribution in [0.2, 0.25) is 0 Å². The van der Waals surface area contributed by atoms with Crippen molar-refractivity contribution in [1.82, 2.24) is 4.90 Å². The molecule has 0 aliphatic carbocycles. The second-order valence-corrected chi connectivity index (χ2v) is 15.9. The standard InChI is InChI=1S/C37H69NO4S/c1-8-9-10-11-12-13-20-29-43-35(41)37(5,6)26-19-15-17-22-33(21-16-14-18-25-36(3,4)31(2)39)42-34(40)30-32-23-27-38(7)28-24-32/h32-33H,8-30H2,1-7H3. The van der Waals surface area contributed by atoms with Gasteiger partial charge in [0.15, 0.2) is 5.12 Å². The van der Waals surface area contributed by atoms with E-state index in [1.54, 1.807) is 6.92 Å². The van der Waals surface area contributed by atoms with Gasteiger partial charge in [-0.1, -0.05) is 111 Å². The van der Waals surface area contributed by atoms with Crippen LogP contribution >= 0.6 is 11.8 Å². The lowest BCUT2D eigenvalue weighted by Crippen LogP contribution is -2.31. The summed E-state index contributed by atoms with van der Waals surface area (Å²) in [5.41, 5.74) is -0.527. The van der Waals surface area contributed by atoms with Crippen molar-refractivity contribution in [1.29, 1.82) is 0 Å². The van der Waals surface area contributed by atoms with Gasteiger partial charge in [-0.15, -0.1) is 0 Å². The van der Waals surface area contributed by atoms with E-state index in [2.05, 4.69) is 32.7 Å².